The fourth-order valence-electron chi connectivity index (χ4n) is 2.96. The van der Waals surface area contributed by atoms with Crippen LogP contribution in [0.1, 0.15) is 18.1 Å². The molecule has 2 aromatic carbocycles. The molecule has 0 radical (unpaired) electrons. The summed E-state index contributed by atoms with van der Waals surface area (Å²) < 4.78 is 15.3. The highest BCUT2D eigenvalue weighted by molar-refractivity contribution is 5.74. The number of azo groups is 1. The molecule has 0 amide bonds. The van der Waals surface area contributed by atoms with Gasteiger partial charge in [-0.3, -0.25) is 4.40 Å². The van der Waals surface area contributed by atoms with Crippen molar-refractivity contribution in [3.63, 3.8) is 0 Å². The molecule has 0 atom stereocenters. The highest BCUT2D eigenvalue weighted by Gasteiger charge is 2.14. The van der Waals surface area contributed by atoms with Crippen molar-refractivity contribution in [3.05, 3.63) is 83.8 Å². The van der Waals surface area contributed by atoms with E-state index >= 15 is 0 Å². The number of hydrogen-bond acceptors (Lipinski definition) is 3. The van der Waals surface area contributed by atoms with Gasteiger partial charge >= 0.3 is 0 Å². The molecule has 0 aliphatic carbocycles. The molecule has 4 rings (SSSR count). The minimum atomic E-state index is -0.337. The lowest BCUT2D eigenvalue weighted by molar-refractivity contribution is 0.628. The van der Waals surface area contributed by atoms with E-state index in [1.807, 2.05) is 29.7 Å². The van der Waals surface area contributed by atoms with Gasteiger partial charge in [0.25, 0.3) is 0 Å². The molecule has 0 saturated heterocycles. The number of halogens is 1. The molecule has 2 aromatic heterocycles. The van der Waals surface area contributed by atoms with Crippen molar-refractivity contribution in [3.8, 4) is 11.3 Å². The lowest BCUT2D eigenvalue weighted by Gasteiger charge is -2.02. The van der Waals surface area contributed by atoms with E-state index in [-0.39, 0.29) is 5.82 Å². The zero-order valence-corrected chi connectivity index (χ0v) is 15.2. The van der Waals surface area contributed by atoms with E-state index in [1.165, 1.54) is 17.7 Å². The van der Waals surface area contributed by atoms with E-state index in [0.717, 1.165) is 28.9 Å². The molecule has 0 aliphatic rings. The van der Waals surface area contributed by atoms with Gasteiger partial charge in [0, 0.05) is 17.8 Å². The Labute approximate surface area is 157 Å². The molecule has 5 heteroatoms. The van der Waals surface area contributed by atoms with Gasteiger partial charge in [0.1, 0.15) is 17.2 Å². The Hall–Kier alpha value is -3.34. The molecule has 134 valence electrons. The highest BCUT2D eigenvalue weighted by Crippen LogP contribution is 2.32. The molecule has 0 bridgehead atoms. The average molecular weight is 358 g/mol. The van der Waals surface area contributed by atoms with Gasteiger partial charge in [0.15, 0.2) is 5.82 Å². The van der Waals surface area contributed by atoms with Gasteiger partial charge in [-0.05, 0) is 48.7 Å². The van der Waals surface area contributed by atoms with Gasteiger partial charge in [0.2, 0.25) is 0 Å². The summed E-state index contributed by atoms with van der Waals surface area (Å²) in [5.41, 5.74) is 5.38. The third kappa shape index (κ3) is 3.49. The number of pyridine rings is 1. The number of imidazole rings is 1. The summed E-state index contributed by atoms with van der Waals surface area (Å²) in [6.45, 7) is 4.15. The third-order valence-corrected chi connectivity index (χ3v) is 4.46. The van der Waals surface area contributed by atoms with Gasteiger partial charge in [-0.25, -0.2) is 9.37 Å². The number of aromatic nitrogens is 2. The van der Waals surface area contributed by atoms with E-state index in [4.69, 9.17) is 4.98 Å². The Kier molecular flexibility index (Phi) is 4.50. The van der Waals surface area contributed by atoms with E-state index in [1.54, 1.807) is 12.1 Å². The van der Waals surface area contributed by atoms with Crippen LogP contribution in [0.5, 0.6) is 0 Å². The standard InChI is InChI=1S/C22H19FN4/c1-3-16-7-9-17(10-8-16)21-22(26-25-19-6-4-5-18(23)14-19)27-12-11-15(2)13-20(27)24-21/h4-14H,3H2,1-2H3. The van der Waals surface area contributed by atoms with Crippen LogP contribution in [-0.4, -0.2) is 9.38 Å². The zero-order chi connectivity index (χ0) is 18.8. The van der Waals surface area contributed by atoms with Crippen molar-refractivity contribution in [1.29, 1.82) is 0 Å². The molecule has 0 unspecified atom stereocenters. The summed E-state index contributed by atoms with van der Waals surface area (Å²) in [6, 6.07) is 18.4. The summed E-state index contributed by atoms with van der Waals surface area (Å²) in [4.78, 5) is 4.76. The van der Waals surface area contributed by atoms with Crippen LogP contribution in [0.4, 0.5) is 15.9 Å². The topological polar surface area (TPSA) is 42.0 Å². The van der Waals surface area contributed by atoms with Crippen LogP contribution in [0.25, 0.3) is 16.9 Å². The molecular weight excluding hydrogens is 339 g/mol. The molecule has 4 nitrogen and oxygen atoms in total. The lowest BCUT2D eigenvalue weighted by Crippen LogP contribution is -1.84. The second-order valence-corrected chi connectivity index (χ2v) is 6.45. The first-order valence-corrected chi connectivity index (χ1v) is 8.89. The first-order chi connectivity index (χ1) is 13.1. The van der Waals surface area contributed by atoms with E-state index in [0.29, 0.717) is 11.5 Å². The summed E-state index contributed by atoms with van der Waals surface area (Å²) in [7, 11) is 0. The number of aryl methyl sites for hydroxylation is 2. The molecule has 0 spiro atoms. The quantitative estimate of drug-likeness (QED) is 0.388. The highest BCUT2D eigenvalue weighted by atomic mass is 19.1. The monoisotopic (exact) mass is 358 g/mol. The first kappa shape index (κ1) is 17.1. The van der Waals surface area contributed by atoms with Crippen LogP contribution in [0.3, 0.4) is 0 Å². The first-order valence-electron chi connectivity index (χ1n) is 8.89. The Morgan fingerprint density at radius 1 is 1.00 bits per heavy atom. The maximum absolute atomic E-state index is 13.4. The SMILES string of the molecule is CCc1ccc(-c2nc3cc(C)ccn3c2N=Nc2cccc(F)c2)cc1. The second-order valence-electron chi connectivity index (χ2n) is 6.45. The number of rotatable bonds is 4. The Balaban J connectivity index is 1.85. The largest absolute Gasteiger partial charge is 0.283 e. The number of fused-ring (bicyclic) bond motifs is 1. The predicted molar refractivity (Wildman–Crippen MR) is 105 cm³/mol. The van der Waals surface area contributed by atoms with Crippen molar-refractivity contribution in [2.24, 2.45) is 10.2 Å². The molecule has 0 aliphatic heterocycles. The number of benzene rings is 2. The van der Waals surface area contributed by atoms with Crippen LogP contribution < -0.4 is 0 Å². The predicted octanol–water partition coefficient (Wildman–Crippen LogP) is 6.43. The van der Waals surface area contributed by atoms with Crippen molar-refractivity contribution in [1.82, 2.24) is 9.38 Å². The third-order valence-electron chi connectivity index (χ3n) is 4.46. The van der Waals surface area contributed by atoms with E-state index in [2.05, 4.69) is 41.4 Å². The maximum Gasteiger partial charge on any atom is 0.187 e. The summed E-state index contributed by atoms with van der Waals surface area (Å²) in [6.07, 6.45) is 2.91. The maximum atomic E-state index is 13.4. The minimum Gasteiger partial charge on any atom is -0.283 e. The average Bonchev–Trinajstić information content (AvgIpc) is 3.04. The van der Waals surface area contributed by atoms with Gasteiger partial charge in [-0.2, -0.15) is 0 Å². The molecular formula is C22H19FN4. The molecule has 2 heterocycles. The molecule has 0 fully saturated rings. The molecule has 4 aromatic rings. The van der Waals surface area contributed by atoms with Gasteiger partial charge in [0.05, 0.1) is 5.69 Å². The Morgan fingerprint density at radius 3 is 2.56 bits per heavy atom. The van der Waals surface area contributed by atoms with Crippen LogP contribution in [0, 0.1) is 12.7 Å². The van der Waals surface area contributed by atoms with Crippen molar-refractivity contribution >= 4 is 17.2 Å². The van der Waals surface area contributed by atoms with E-state index in [9.17, 15) is 4.39 Å². The molecule has 0 N–H and O–H groups in total. The van der Waals surface area contributed by atoms with Gasteiger partial charge in [-0.1, -0.05) is 37.3 Å². The lowest BCUT2D eigenvalue weighted by atomic mass is 10.1. The Morgan fingerprint density at radius 2 is 1.81 bits per heavy atom. The van der Waals surface area contributed by atoms with Crippen LogP contribution in [0.15, 0.2) is 77.1 Å². The molecule has 27 heavy (non-hydrogen) atoms. The Bertz CT molecular complexity index is 1130. The number of nitrogens with zero attached hydrogens (tertiary/aromatic N) is 4. The second kappa shape index (κ2) is 7.11. The summed E-state index contributed by atoms with van der Waals surface area (Å²) in [5, 5.41) is 8.64. The summed E-state index contributed by atoms with van der Waals surface area (Å²) >= 11 is 0. The van der Waals surface area contributed by atoms with Crippen LogP contribution >= 0.6 is 0 Å². The van der Waals surface area contributed by atoms with Crippen LogP contribution in [-0.2, 0) is 6.42 Å². The van der Waals surface area contributed by atoms with E-state index < -0.39 is 0 Å². The van der Waals surface area contributed by atoms with Crippen molar-refractivity contribution in [2.75, 3.05) is 0 Å². The van der Waals surface area contributed by atoms with Gasteiger partial charge in [-0.15, -0.1) is 10.2 Å². The zero-order valence-electron chi connectivity index (χ0n) is 15.2. The van der Waals surface area contributed by atoms with Crippen molar-refractivity contribution in [2.45, 2.75) is 20.3 Å². The summed E-state index contributed by atoms with van der Waals surface area (Å²) in [5.74, 6) is 0.286. The minimum absolute atomic E-state index is 0.337. The fraction of sp³-hybridized carbons (Fsp3) is 0.136. The normalized spacial score (nSPS) is 11.5. The van der Waals surface area contributed by atoms with Gasteiger partial charge < -0.3 is 0 Å². The smallest absolute Gasteiger partial charge is 0.187 e. The van der Waals surface area contributed by atoms with Crippen LogP contribution in [0.2, 0.25) is 0 Å². The molecule has 0 saturated carbocycles. The van der Waals surface area contributed by atoms with Crippen molar-refractivity contribution < 1.29 is 4.39 Å². The fourth-order valence-corrected chi connectivity index (χ4v) is 2.96. The number of hydrogen-bond donors (Lipinski definition) is 0.